The molecule has 222 valence electrons. The topological polar surface area (TPSA) is 94.9 Å². The number of carbonyl (C=O) groups is 2. The number of hydrogen-bond acceptors (Lipinski definition) is 7. The van der Waals surface area contributed by atoms with Crippen molar-refractivity contribution in [2.75, 3.05) is 7.11 Å². The number of fused-ring (bicyclic) bond motifs is 2. The number of pyridine rings is 4. The molecule has 0 spiro atoms. The van der Waals surface area contributed by atoms with Crippen molar-refractivity contribution in [2.45, 2.75) is 27.2 Å². The summed E-state index contributed by atoms with van der Waals surface area (Å²) >= 11 is 6.90. The van der Waals surface area contributed by atoms with Gasteiger partial charge in [0.1, 0.15) is 11.4 Å². The van der Waals surface area contributed by atoms with Gasteiger partial charge in [-0.25, -0.2) is 9.78 Å². The van der Waals surface area contributed by atoms with Crippen LogP contribution in [0.1, 0.15) is 43.5 Å². The number of aromatic nitrogens is 4. The van der Waals surface area contributed by atoms with Gasteiger partial charge in [-0.3, -0.25) is 19.7 Å². The van der Waals surface area contributed by atoms with Crippen molar-refractivity contribution in [3.63, 3.8) is 0 Å². The molecule has 0 saturated carbocycles. The van der Waals surface area contributed by atoms with Crippen LogP contribution < -0.4 is 0 Å². The summed E-state index contributed by atoms with van der Waals surface area (Å²) in [5.74, 6) is -0.375. The zero-order valence-corrected chi connectivity index (χ0v) is 27.9. The summed E-state index contributed by atoms with van der Waals surface area (Å²) in [7, 11) is 1.34. The highest BCUT2D eigenvalue weighted by Gasteiger charge is 2.12. The fourth-order valence-corrected chi connectivity index (χ4v) is 5.03. The van der Waals surface area contributed by atoms with E-state index in [-0.39, 0.29) is 5.78 Å². The number of ketones is 1. The Morgan fingerprint density at radius 3 is 1.84 bits per heavy atom. The third kappa shape index (κ3) is 8.84. The monoisotopic (exact) mass is 712 g/mol. The van der Waals surface area contributed by atoms with E-state index in [2.05, 4.69) is 69.5 Å². The van der Waals surface area contributed by atoms with E-state index in [0.717, 1.165) is 42.3 Å². The lowest BCUT2D eigenvalue weighted by Gasteiger charge is -2.06. The second-order valence-corrected chi connectivity index (χ2v) is 11.7. The van der Waals surface area contributed by atoms with Crippen LogP contribution >= 0.6 is 31.9 Å². The quantitative estimate of drug-likeness (QED) is 0.133. The number of aryl methyl sites for hydroxylation is 3. The molecule has 0 saturated heterocycles. The first-order valence-corrected chi connectivity index (χ1v) is 15.3. The van der Waals surface area contributed by atoms with E-state index in [0.29, 0.717) is 17.8 Å². The van der Waals surface area contributed by atoms with E-state index in [1.165, 1.54) is 18.1 Å². The number of halogens is 2. The Kier molecular flexibility index (Phi) is 11.4. The van der Waals surface area contributed by atoms with Crippen LogP contribution in [0.5, 0.6) is 0 Å². The van der Waals surface area contributed by atoms with Crippen molar-refractivity contribution >= 4 is 65.4 Å². The highest BCUT2D eigenvalue weighted by molar-refractivity contribution is 9.10. The number of hydrogen-bond donors (Lipinski definition) is 0. The fraction of sp³-hybridized carbons (Fsp3) is 0.143. The SMILES string of the molecule is COC(=O)c1cccc(C)n1.Cc1cccc(C(=O)Cc2ccnc3ccc(Br)cc23)n1.Cc1ccnc2ccc(Br)cc12. The van der Waals surface area contributed by atoms with Crippen LogP contribution in [0.15, 0.2) is 106 Å². The number of ether oxygens (including phenoxy) is 1. The normalized spacial score (nSPS) is 10.3. The van der Waals surface area contributed by atoms with Gasteiger partial charge in [0.05, 0.1) is 18.1 Å². The van der Waals surface area contributed by atoms with Crippen molar-refractivity contribution in [1.82, 2.24) is 19.9 Å². The number of esters is 1. The van der Waals surface area contributed by atoms with Crippen molar-refractivity contribution in [3.05, 3.63) is 140 Å². The van der Waals surface area contributed by atoms with Gasteiger partial charge in [0, 0.05) is 49.9 Å². The molecular formula is C35H30Br2N4O3. The van der Waals surface area contributed by atoms with Crippen molar-refractivity contribution in [3.8, 4) is 0 Å². The minimum absolute atomic E-state index is 0.0196. The first kappa shape index (κ1) is 32.6. The van der Waals surface area contributed by atoms with E-state index in [1.54, 1.807) is 24.4 Å². The molecule has 0 fully saturated rings. The second kappa shape index (κ2) is 15.4. The van der Waals surface area contributed by atoms with Gasteiger partial charge in [-0.2, -0.15) is 0 Å². The number of nitrogens with zero attached hydrogens (tertiary/aromatic N) is 4. The highest BCUT2D eigenvalue weighted by Crippen LogP contribution is 2.23. The lowest BCUT2D eigenvalue weighted by atomic mass is 10.0. The van der Waals surface area contributed by atoms with Gasteiger partial charge in [0.15, 0.2) is 5.78 Å². The van der Waals surface area contributed by atoms with Gasteiger partial charge in [-0.15, -0.1) is 0 Å². The number of carbonyl (C=O) groups excluding carboxylic acids is 2. The highest BCUT2D eigenvalue weighted by atomic mass is 79.9. The molecule has 6 rings (SSSR count). The summed E-state index contributed by atoms with van der Waals surface area (Å²) < 4.78 is 6.57. The Bertz CT molecular complexity index is 1950. The molecular weight excluding hydrogens is 684 g/mol. The zero-order valence-electron chi connectivity index (χ0n) is 24.7. The molecule has 2 aromatic carbocycles. The molecule has 0 N–H and O–H groups in total. The largest absolute Gasteiger partial charge is 0.464 e. The second-order valence-electron chi connectivity index (χ2n) is 9.84. The van der Waals surface area contributed by atoms with Gasteiger partial charge in [0.2, 0.25) is 0 Å². The summed E-state index contributed by atoms with van der Waals surface area (Å²) in [5, 5.41) is 2.21. The first-order valence-electron chi connectivity index (χ1n) is 13.7. The van der Waals surface area contributed by atoms with Crippen LogP contribution in [0.3, 0.4) is 0 Å². The number of rotatable bonds is 4. The predicted octanol–water partition coefficient (Wildman–Crippen LogP) is 8.61. The van der Waals surface area contributed by atoms with Gasteiger partial charge in [-0.1, -0.05) is 44.0 Å². The van der Waals surface area contributed by atoms with Crippen LogP contribution in [0, 0.1) is 20.8 Å². The Morgan fingerprint density at radius 2 is 1.23 bits per heavy atom. The maximum Gasteiger partial charge on any atom is 0.356 e. The number of Topliss-reactive ketones (excluding diaryl/α,β-unsaturated/α-hetero) is 1. The van der Waals surface area contributed by atoms with E-state index in [1.807, 2.05) is 80.7 Å². The standard InChI is InChI=1S/C17H13BrN2O.C10H8BrN.C8H9NO2/c1-11-3-2-4-16(20-11)17(21)9-12-7-8-19-15-6-5-13(18)10-14(12)15;1-7-4-5-12-10-3-2-8(11)6-9(7)10;1-6-4-3-5-7(9-6)8(10)11-2/h2-8,10H,9H2,1H3;2-6H,1H3;3-5H,1-2H3. The number of benzene rings is 2. The van der Waals surface area contributed by atoms with Crippen LogP contribution in [-0.4, -0.2) is 38.8 Å². The maximum atomic E-state index is 12.4. The number of methoxy groups -OCH3 is 1. The first-order chi connectivity index (χ1) is 21.1. The molecule has 0 amide bonds. The van der Waals surface area contributed by atoms with Gasteiger partial charge >= 0.3 is 5.97 Å². The third-order valence-electron chi connectivity index (χ3n) is 6.52. The fourth-order valence-electron chi connectivity index (χ4n) is 4.31. The van der Waals surface area contributed by atoms with Crippen LogP contribution in [0.25, 0.3) is 21.8 Å². The van der Waals surface area contributed by atoms with E-state index < -0.39 is 5.97 Å². The Morgan fingerprint density at radius 1 is 0.682 bits per heavy atom. The Labute approximate surface area is 273 Å². The van der Waals surface area contributed by atoms with E-state index in [4.69, 9.17) is 0 Å². The van der Waals surface area contributed by atoms with Crippen molar-refractivity contribution < 1.29 is 14.3 Å². The van der Waals surface area contributed by atoms with Gasteiger partial charge in [0.25, 0.3) is 0 Å². The van der Waals surface area contributed by atoms with Crippen LogP contribution in [0.4, 0.5) is 0 Å². The molecule has 0 radical (unpaired) electrons. The van der Waals surface area contributed by atoms with Gasteiger partial charge in [-0.05, 0) is 105 Å². The molecule has 0 aliphatic rings. The predicted molar refractivity (Wildman–Crippen MR) is 181 cm³/mol. The average Bonchev–Trinajstić information content (AvgIpc) is 3.02. The van der Waals surface area contributed by atoms with Crippen LogP contribution in [0.2, 0.25) is 0 Å². The summed E-state index contributed by atoms with van der Waals surface area (Å²) in [6, 6.07) is 26.6. The molecule has 4 heterocycles. The maximum absolute atomic E-state index is 12.4. The smallest absolute Gasteiger partial charge is 0.356 e. The molecule has 0 bridgehead atoms. The van der Waals surface area contributed by atoms with Crippen molar-refractivity contribution in [1.29, 1.82) is 0 Å². The summed E-state index contributed by atoms with van der Waals surface area (Å²) in [6.07, 6.45) is 3.90. The molecule has 0 aliphatic carbocycles. The average molecular weight is 714 g/mol. The van der Waals surface area contributed by atoms with E-state index >= 15 is 0 Å². The van der Waals surface area contributed by atoms with Crippen molar-refractivity contribution in [2.24, 2.45) is 0 Å². The minimum Gasteiger partial charge on any atom is -0.464 e. The van der Waals surface area contributed by atoms with Gasteiger partial charge < -0.3 is 4.74 Å². The molecule has 0 unspecified atom stereocenters. The molecule has 0 atom stereocenters. The Balaban J connectivity index is 0.000000164. The lowest BCUT2D eigenvalue weighted by molar-refractivity contribution is 0.0593. The third-order valence-corrected chi connectivity index (χ3v) is 7.51. The summed E-state index contributed by atoms with van der Waals surface area (Å²) in [4.78, 5) is 40.1. The molecule has 6 aromatic rings. The molecule has 0 aliphatic heterocycles. The molecule has 9 heteroatoms. The summed E-state index contributed by atoms with van der Waals surface area (Å²) in [5.41, 5.74) is 6.70. The zero-order chi connectivity index (χ0) is 31.6. The summed E-state index contributed by atoms with van der Waals surface area (Å²) in [6.45, 7) is 5.80. The van der Waals surface area contributed by atoms with E-state index in [9.17, 15) is 9.59 Å². The molecule has 44 heavy (non-hydrogen) atoms. The lowest BCUT2D eigenvalue weighted by Crippen LogP contribution is -2.07. The Hall–Kier alpha value is -4.34. The van der Waals surface area contributed by atoms with Crippen LogP contribution in [-0.2, 0) is 11.2 Å². The molecule has 7 nitrogen and oxygen atoms in total. The minimum atomic E-state index is -0.395. The molecule has 4 aromatic heterocycles.